The van der Waals surface area contributed by atoms with E-state index in [1.165, 1.54) is 48.5 Å². The van der Waals surface area contributed by atoms with Gasteiger partial charge in [-0.25, -0.2) is 4.57 Å². The molecule has 0 spiro atoms. The molecule has 0 saturated carbocycles. The second-order valence-corrected chi connectivity index (χ2v) is 5.94. The van der Waals surface area contributed by atoms with Crippen LogP contribution in [0.3, 0.4) is 0 Å². The number of carbonyl (C=O) groups is 2. The van der Waals surface area contributed by atoms with E-state index in [1.807, 2.05) is 0 Å². The van der Waals surface area contributed by atoms with Crippen molar-refractivity contribution in [2.45, 2.75) is 6.92 Å². The third kappa shape index (κ3) is 4.77. The van der Waals surface area contributed by atoms with Crippen LogP contribution in [-0.2, 0) is 9.09 Å². The third-order valence-electron chi connectivity index (χ3n) is 2.75. The van der Waals surface area contributed by atoms with E-state index in [1.54, 1.807) is 6.92 Å². The lowest BCUT2D eigenvalue weighted by Gasteiger charge is -2.18. The number of rotatable bonds is 8. The Kier molecular flexibility index (Phi) is 5.68. The van der Waals surface area contributed by atoms with Crippen molar-refractivity contribution in [3.8, 4) is 11.5 Å². The van der Waals surface area contributed by atoms with Crippen LogP contribution in [0.4, 0.5) is 0 Å². The van der Waals surface area contributed by atoms with Gasteiger partial charge in [-0.15, -0.1) is 0 Å². The minimum Gasteiger partial charge on any atom is -0.395 e. The lowest BCUT2D eigenvalue weighted by Crippen LogP contribution is -2.05. The molecular weight excluding hydrogens is 319 g/mol. The fraction of sp³-hybridized carbons (Fsp3) is 0.125. The molecule has 23 heavy (non-hydrogen) atoms. The molecule has 0 atom stereocenters. The van der Waals surface area contributed by atoms with Crippen LogP contribution in [0, 0.1) is 0 Å². The Labute approximate surface area is 133 Å². The molecule has 0 aromatic heterocycles. The van der Waals surface area contributed by atoms with Crippen LogP contribution in [0.15, 0.2) is 48.5 Å². The second kappa shape index (κ2) is 7.72. The Bertz CT molecular complexity index is 651. The van der Waals surface area contributed by atoms with Crippen molar-refractivity contribution < 1.29 is 27.7 Å². The Balaban J connectivity index is 2.17. The second-order valence-electron chi connectivity index (χ2n) is 4.42. The summed E-state index contributed by atoms with van der Waals surface area (Å²) in [4.78, 5) is 21.3. The molecule has 0 fully saturated rings. The van der Waals surface area contributed by atoms with Crippen molar-refractivity contribution in [1.29, 1.82) is 0 Å². The molecule has 0 saturated heterocycles. The zero-order chi connectivity index (χ0) is 16.7. The molecule has 2 rings (SSSR count). The van der Waals surface area contributed by atoms with E-state index in [0.29, 0.717) is 23.7 Å². The number of hydrogen-bond acceptors (Lipinski definition) is 6. The fourth-order valence-electron chi connectivity index (χ4n) is 1.70. The highest BCUT2D eigenvalue weighted by molar-refractivity contribution is 7.49. The van der Waals surface area contributed by atoms with Crippen LogP contribution in [-0.4, -0.2) is 19.2 Å². The topological polar surface area (TPSA) is 78.9 Å². The maximum Gasteiger partial charge on any atom is 0.587 e. The molecular formula is C16H15O6P. The molecule has 6 nitrogen and oxygen atoms in total. The first-order valence-corrected chi connectivity index (χ1v) is 8.29. The summed E-state index contributed by atoms with van der Waals surface area (Å²) in [6.07, 6.45) is 1.38. The van der Waals surface area contributed by atoms with Crippen molar-refractivity contribution in [2.24, 2.45) is 0 Å². The van der Waals surface area contributed by atoms with Crippen molar-refractivity contribution in [2.75, 3.05) is 6.61 Å². The van der Waals surface area contributed by atoms with Gasteiger partial charge in [0.25, 0.3) is 0 Å². The molecule has 0 N–H and O–H groups in total. The molecule has 2 aromatic carbocycles. The van der Waals surface area contributed by atoms with Gasteiger partial charge in [-0.1, -0.05) is 0 Å². The number of benzene rings is 2. The van der Waals surface area contributed by atoms with Crippen LogP contribution >= 0.6 is 7.82 Å². The van der Waals surface area contributed by atoms with Crippen molar-refractivity contribution in [3.63, 3.8) is 0 Å². The minimum absolute atomic E-state index is 0.121. The predicted octanol–water partition coefficient (Wildman–Crippen LogP) is 3.91. The van der Waals surface area contributed by atoms with Crippen LogP contribution in [0.1, 0.15) is 27.6 Å². The van der Waals surface area contributed by atoms with Gasteiger partial charge in [-0.3, -0.25) is 14.1 Å². The zero-order valence-electron chi connectivity index (χ0n) is 12.4. The van der Waals surface area contributed by atoms with Gasteiger partial charge in [0.2, 0.25) is 0 Å². The standard InChI is InChI=1S/C16H15O6P/c1-2-20-23(19,21-15-7-3-13(11-17)4-8-15)22-16-9-5-14(12-18)6-10-16/h3-12H,2H2,1H3. The van der Waals surface area contributed by atoms with Crippen LogP contribution in [0.25, 0.3) is 0 Å². The highest BCUT2D eigenvalue weighted by atomic mass is 31.2. The maximum absolute atomic E-state index is 12.7. The van der Waals surface area contributed by atoms with Gasteiger partial charge in [-0.2, -0.15) is 0 Å². The minimum atomic E-state index is -3.89. The maximum atomic E-state index is 12.7. The van der Waals surface area contributed by atoms with E-state index in [2.05, 4.69) is 0 Å². The van der Waals surface area contributed by atoms with Crippen molar-refractivity contribution >= 4 is 20.4 Å². The predicted molar refractivity (Wildman–Crippen MR) is 84.1 cm³/mol. The monoisotopic (exact) mass is 334 g/mol. The lowest BCUT2D eigenvalue weighted by atomic mass is 10.2. The first kappa shape index (κ1) is 16.9. The largest absolute Gasteiger partial charge is 0.587 e. The summed E-state index contributed by atoms with van der Waals surface area (Å²) in [5.74, 6) is 0.494. The Morgan fingerprint density at radius 1 is 0.826 bits per heavy atom. The first-order valence-electron chi connectivity index (χ1n) is 6.83. The van der Waals surface area contributed by atoms with Gasteiger partial charge in [0.1, 0.15) is 24.1 Å². The highest BCUT2D eigenvalue weighted by Gasteiger charge is 2.30. The molecule has 0 radical (unpaired) electrons. The van der Waals surface area contributed by atoms with E-state index in [-0.39, 0.29) is 18.1 Å². The zero-order valence-corrected chi connectivity index (χ0v) is 13.3. The molecule has 0 amide bonds. The number of hydrogen-bond donors (Lipinski definition) is 0. The van der Waals surface area contributed by atoms with Gasteiger partial charge in [0.05, 0.1) is 6.61 Å². The summed E-state index contributed by atoms with van der Waals surface area (Å²) in [7, 11) is -3.89. The average molecular weight is 334 g/mol. The van der Waals surface area contributed by atoms with E-state index < -0.39 is 7.82 Å². The molecule has 0 heterocycles. The van der Waals surface area contributed by atoms with Gasteiger partial charge in [0.15, 0.2) is 0 Å². The van der Waals surface area contributed by atoms with E-state index in [0.717, 1.165) is 0 Å². The molecule has 0 bridgehead atoms. The normalized spacial score (nSPS) is 10.8. The van der Waals surface area contributed by atoms with Crippen molar-refractivity contribution in [1.82, 2.24) is 0 Å². The molecule has 0 aliphatic rings. The Morgan fingerprint density at radius 3 is 1.52 bits per heavy atom. The van der Waals surface area contributed by atoms with Crippen LogP contribution < -0.4 is 9.05 Å². The van der Waals surface area contributed by atoms with E-state index in [9.17, 15) is 14.2 Å². The number of phosphoric ester groups is 1. The van der Waals surface area contributed by atoms with Gasteiger partial charge < -0.3 is 9.05 Å². The fourth-order valence-corrected chi connectivity index (χ4v) is 2.92. The first-order chi connectivity index (χ1) is 11.1. The Morgan fingerprint density at radius 2 is 1.22 bits per heavy atom. The number of carbonyl (C=O) groups excluding carboxylic acids is 2. The summed E-state index contributed by atoms with van der Waals surface area (Å²) < 4.78 is 28.4. The third-order valence-corrected chi connectivity index (χ3v) is 4.20. The van der Waals surface area contributed by atoms with Gasteiger partial charge >= 0.3 is 7.82 Å². The number of phosphoric acid groups is 1. The van der Waals surface area contributed by atoms with Crippen LogP contribution in [0.2, 0.25) is 0 Å². The summed E-state index contributed by atoms with van der Waals surface area (Å²) in [5.41, 5.74) is 0.933. The summed E-state index contributed by atoms with van der Waals surface area (Å²) in [6, 6.07) is 12.1. The number of aldehydes is 2. The lowest BCUT2D eigenvalue weighted by molar-refractivity contribution is 0.111. The summed E-state index contributed by atoms with van der Waals surface area (Å²) >= 11 is 0. The molecule has 7 heteroatoms. The molecule has 0 aliphatic carbocycles. The van der Waals surface area contributed by atoms with E-state index in [4.69, 9.17) is 13.6 Å². The molecule has 120 valence electrons. The SMILES string of the molecule is CCOP(=O)(Oc1ccc(C=O)cc1)Oc1ccc(C=O)cc1. The molecule has 0 aliphatic heterocycles. The average Bonchev–Trinajstić information content (AvgIpc) is 2.56. The highest BCUT2D eigenvalue weighted by Crippen LogP contribution is 2.49. The van der Waals surface area contributed by atoms with Crippen molar-refractivity contribution in [3.05, 3.63) is 59.7 Å². The Hall–Kier alpha value is -2.43. The smallest absolute Gasteiger partial charge is 0.395 e. The van der Waals surface area contributed by atoms with Crippen LogP contribution in [0.5, 0.6) is 11.5 Å². The quantitative estimate of drug-likeness (QED) is 0.538. The molecule has 0 unspecified atom stereocenters. The van der Waals surface area contributed by atoms with Gasteiger partial charge in [-0.05, 0) is 55.5 Å². The van der Waals surface area contributed by atoms with Gasteiger partial charge in [0, 0.05) is 11.1 Å². The summed E-state index contributed by atoms with van der Waals surface area (Å²) in [6.45, 7) is 1.78. The van der Waals surface area contributed by atoms with E-state index >= 15 is 0 Å². The molecule has 2 aromatic rings. The summed E-state index contributed by atoms with van der Waals surface area (Å²) in [5, 5.41) is 0.